The van der Waals surface area contributed by atoms with Crippen molar-refractivity contribution in [2.45, 2.75) is 11.9 Å². The molecule has 0 spiro atoms. The van der Waals surface area contributed by atoms with Crippen molar-refractivity contribution >= 4 is 17.5 Å². The van der Waals surface area contributed by atoms with Crippen molar-refractivity contribution in [3.05, 3.63) is 71.3 Å². The van der Waals surface area contributed by atoms with Crippen LogP contribution in [0.2, 0.25) is 0 Å². The van der Waals surface area contributed by atoms with Crippen molar-refractivity contribution < 1.29 is 27.1 Å². The summed E-state index contributed by atoms with van der Waals surface area (Å²) in [5.41, 5.74) is 0.0674. The van der Waals surface area contributed by atoms with E-state index in [2.05, 4.69) is 0 Å². The van der Waals surface area contributed by atoms with E-state index >= 15 is 0 Å². The molecule has 7 heteroatoms. The Morgan fingerprint density at radius 2 is 1.79 bits per heavy atom. The highest BCUT2D eigenvalue weighted by Crippen LogP contribution is 2.33. The van der Waals surface area contributed by atoms with E-state index in [1.807, 2.05) is 30.3 Å². The Labute approximate surface area is 140 Å². The Balaban J connectivity index is 1.83. The van der Waals surface area contributed by atoms with Crippen LogP contribution in [0.25, 0.3) is 0 Å². The number of carbonyl (C=O) groups excluding carboxylic acids is 1. The molecule has 0 atom stereocenters. The second kappa shape index (κ2) is 8.30. The lowest BCUT2D eigenvalue weighted by molar-refractivity contribution is 0.0559. The highest BCUT2D eigenvalue weighted by molar-refractivity contribution is 8.01. The van der Waals surface area contributed by atoms with Crippen LogP contribution < -0.4 is 0 Å². The highest BCUT2D eigenvalue weighted by Gasteiger charge is 2.41. The third-order valence-electron chi connectivity index (χ3n) is 3.06. The Kier molecular flexibility index (Phi) is 6.39. The van der Waals surface area contributed by atoms with E-state index in [4.69, 9.17) is 4.74 Å². The van der Waals surface area contributed by atoms with Crippen molar-refractivity contribution in [1.82, 2.24) is 0 Å². The molecule has 0 aliphatic heterocycles. The summed E-state index contributed by atoms with van der Waals surface area (Å²) in [4.78, 5) is 11.7. The zero-order valence-electron chi connectivity index (χ0n) is 12.5. The number of Topliss-reactive ketones (excluding diaryl/α,β-unsaturated/α-hetero) is 1. The normalized spacial score (nSPS) is 11.5. The minimum atomic E-state index is -3.81. The van der Waals surface area contributed by atoms with Crippen LogP contribution in [0.15, 0.2) is 48.5 Å². The maximum Gasteiger partial charge on any atom is 0.356 e. The number of carbonyl (C=O) groups is 1. The van der Waals surface area contributed by atoms with Crippen molar-refractivity contribution in [3.8, 4) is 0 Å². The zero-order chi connectivity index (χ0) is 17.6. The van der Waals surface area contributed by atoms with Gasteiger partial charge in [0.2, 0.25) is 5.78 Å². The Hall–Kier alpha value is -1.86. The SMILES string of the molecule is O=C(c1ccc(F)cc1F)C(F)(F)SCCOCc1ccccc1. The number of hydrogen-bond donors (Lipinski definition) is 0. The van der Waals surface area contributed by atoms with Gasteiger partial charge in [0, 0.05) is 11.8 Å². The van der Waals surface area contributed by atoms with E-state index in [-0.39, 0.29) is 30.7 Å². The van der Waals surface area contributed by atoms with Crippen molar-refractivity contribution in [1.29, 1.82) is 0 Å². The summed E-state index contributed by atoms with van der Waals surface area (Å²) in [5, 5.41) is -3.81. The summed E-state index contributed by atoms with van der Waals surface area (Å²) < 4.78 is 59.1. The average Bonchev–Trinajstić information content (AvgIpc) is 2.55. The number of hydrogen-bond acceptors (Lipinski definition) is 3. The molecule has 0 aliphatic carbocycles. The fourth-order valence-corrected chi connectivity index (χ4v) is 2.59. The highest BCUT2D eigenvalue weighted by atomic mass is 32.2. The third-order valence-corrected chi connectivity index (χ3v) is 3.98. The second-order valence-electron chi connectivity index (χ2n) is 4.86. The molecule has 0 saturated carbocycles. The first kappa shape index (κ1) is 18.5. The summed E-state index contributed by atoms with van der Waals surface area (Å²) in [6, 6.07) is 11.1. The maximum absolute atomic E-state index is 13.8. The molecule has 0 radical (unpaired) electrons. The molecular weight excluding hydrogens is 344 g/mol. The number of benzene rings is 2. The molecule has 0 fully saturated rings. The van der Waals surface area contributed by atoms with Crippen LogP contribution in [0.4, 0.5) is 17.6 Å². The van der Waals surface area contributed by atoms with Crippen LogP contribution in [-0.2, 0) is 11.3 Å². The molecule has 0 N–H and O–H groups in total. The molecule has 0 unspecified atom stereocenters. The predicted molar refractivity (Wildman–Crippen MR) is 84.2 cm³/mol. The number of halogens is 4. The van der Waals surface area contributed by atoms with Gasteiger partial charge < -0.3 is 4.74 Å². The van der Waals surface area contributed by atoms with Gasteiger partial charge in [-0.25, -0.2) is 8.78 Å². The minimum Gasteiger partial charge on any atom is -0.376 e. The molecule has 2 nitrogen and oxygen atoms in total. The molecular formula is C17H14F4O2S. The van der Waals surface area contributed by atoms with Crippen LogP contribution in [0, 0.1) is 11.6 Å². The Morgan fingerprint density at radius 1 is 1.08 bits per heavy atom. The summed E-state index contributed by atoms with van der Waals surface area (Å²) in [6.07, 6.45) is 0. The quantitative estimate of drug-likeness (QED) is 0.389. The second-order valence-corrected chi connectivity index (χ2v) is 6.07. The van der Waals surface area contributed by atoms with Gasteiger partial charge in [-0.1, -0.05) is 42.1 Å². The van der Waals surface area contributed by atoms with E-state index in [1.54, 1.807) is 0 Å². The maximum atomic E-state index is 13.8. The van der Waals surface area contributed by atoms with Crippen molar-refractivity contribution in [2.75, 3.05) is 12.4 Å². The van der Waals surface area contributed by atoms with Gasteiger partial charge in [0.05, 0.1) is 18.8 Å². The number of thioether (sulfide) groups is 1. The van der Waals surface area contributed by atoms with Gasteiger partial charge in [-0.3, -0.25) is 4.79 Å². The van der Waals surface area contributed by atoms with Crippen molar-refractivity contribution in [3.63, 3.8) is 0 Å². The molecule has 0 heterocycles. The molecule has 0 aromatic heterocycles. The third kappa shape index (κ3) is 5.07. The molecule has 0 bridgehead atoms. The standard InChI is InChI=1S/C17H14F4O2S/c18-13-6-7-14(15(19)10-13)16(22)17(20,21)24-9-8-23-11-12-4-2-1-3-5-12/h1-7,10H,8-9,11H2. The van der Waals surface area contributed by atoms with Crippen LogP contribution >= 0.6 is 11.8 Å². The molecule has 0 saturated heterocycles. The van der Waals surface area contributed by atoms with Gasteiger partial charge in [-0.05, 0) is 17.7 Å². The van der Waals surface area contributed by atoms with Crippen LogP contribution in [-0.4, -0.2) is 23.4 Å². The number of alkyl halides is 2. The van der Waals surface area contributed by atoms with Gasteiger partial charge in [0.1, 0.15) is 11.6 Å². The molecule has 2 rings (SSSR count). The van der Waals surface area contributed by atoms with E-state index in [0.29, 0.717) is 12.1 Å². The van der Waals surface area contributed by atoms with E-state index < -0.39 is 28.2 Å². The number of ether oxygens (including phenoxy) is 1. The van der Waals surface area contributed by atoms with Crippen LogP contribution in [0.5, 0.6) is 0 Å². The van der Waals surface area contributed by atoms with Gasteiger partial charge in [0.15, 0.2) is 0 Å². The molecule has 0 aliphatic rings. The Bertz CT molecular complexity index is 692. The fraction of sp³-hybridized carbons (Fsp3) is 0.235. The number of ketones is 1. The monoisotopic (exact) mass is 358 g/mol. The largest absolute Gasteiger partial charge is 0.376 e. The summed E-state index contributed by atoms with van der Waals surface area (Å²) in [6.45, 7) is 0.280. The minimum absolute atomic E-state index is 0.00826. The molecule has 24 heavy (non-hydrogen) atoms. The van der Waals surface area contributed by atoms with Crippen molar-refractivity contribution in [2.24, 2.45) is 0 Å². The smallest absolute Gasteiger partial charge is 0.356 e. The molecule has 2 aromatic carbocycles. The Morgan fingerprint density at radius 3 is 2.46 bits per heavy atom. The first-order chi connectivity index (χ1) is 11.4. The van der Waals surface area contributed by atoms with Crippen LogP contribution in [0.1, 0.15) is 15.9 Å². The van der Waals surface area contributed by atoms with Gasteiger partial charge in [0.25, 0.3) is 0 Å². The van der Waals surface area contributed by atoms with Gasteiger partial charge in [-0.15, -0.1) is 0 Å². The fourth-order valence-electron chi connectivity index (χ4n) is 1.89. The van der Waals surface area contributed by atoms with Gasteiger partial charge >= 0.3 is 5.25 Å². The van der Waals surface area contributed by atoms with Gasteiger partial charge in [-0.2, -0.15) is 8.78 Å². The molecule has 128 valence electrons. The summed E-state index contributed by atoms with van der Waals surface area (Å²) in [7, 11) is 0. The molecule has 2 aromatic rings. The summed E-state index contributed by atoms with van der Waals surface area (Å²) in [5.74, 6) is -4.07. The zero-order valence-corrected chi connectivity index (χ0v) is 13.3. The van der Waals surface area contributed by atoms with E-state index in [1.165, 1.54) is 0 Å². The van der Waals surface area contributed by atoms with Crippen LogP contribution in [0.3, 0.4) is 0 Å². The lowest BCUT2D eigenvalue weighted by atomic mass is 10.1. The first-order valence-electron chi connectivity index (χ1n) is 7.03. The topological polar surface area (TPSA) is 26.3 Å². The lowest BCUT2D eigenvalue weighted by Gasteiger charge is -2.15. The molecule has 0 amide bonds. The first-order valence-corrected chi connectivity index (χ1v) is 8.02. The van der Waals surface area contributed by atoms with E-state index in [0.717, 1.165) is 11.6 Å². The summed E-state index contributed by atoms with van der Waals surface area (Å²) >= 11 is 0.0614. The average molecular weight is 358 g/mol. The lowest BCUT2D eigenvalue weighted by Crippen LogP contribution is -2.26. The van der Waals surface area contributed by atoms with E-state index in [9.17, 15) is 22.4 Å². The predicted octanol–water partition coefficient (Wildman–Crippen LogP) is 4.69. The number of rotatable bonds is 8.